The number of aryl methyl sites for hydroxylation is 1. The van der Waals surface area contributed by atoms with Gasteiger partial charge in [0.15, 0.2) is 5.96 Å². The Labute approximate surface area is 164 Å². The van der Waals surface area contributed by atoms with E-state index in [2.05, 4.69) is 39.4 Å². The van der Waals surface area contributed by atoms with Gasteiger partial charge in [0, 0.05) is 11.4 Å². The molecule has 6 nitrogen and oxygen atoms in total. The van der Waals surface area contributed by atoms with Crippen molar-refractivity contribution in [3.63, 3.8) is 0 Å². The fourth-order valence-corrected chi connectivity index (χ4v) is 2.10. The number of ether oxygens (including phenoxy) is 1. The number of nitrogens with one attached hydrogen (secondary N) is 2. The van der Waals surface area contributed by atoms with Crippen LogP contribution in [-0.2, 0) is 17.7 Å². The molecule has 134 valence electrons. The van der Waals surface area contributed by atoms with Crippen LogP contribution in [0.15, 0.2) is 53.5 Å². The molecule has 0 radical (unpaired) electrons. The van der Waals surface area contributed by atoms with Gasteiger partial charge in [-0.2, -0.15) is 0 Å². The second kappa shape index (κ2) is 10.5. The summed E-state index contributed by atoms with van der Waals surface area (Å²) in [6.45, 7) is 2.56. The lowest BCUT2D eigenvalue weighted by Gasteiger charge is -2.07. The number of guanidine groups is 1. The predicted molar refractivity (Wildman–Crippen MR) is 113 cm³/mol. The van der Waals surface area contributed by atoms with E-state index < -0.39 is 6.09 Å². The van der Waals surface area contributed by atoms with Crippen LogP contribution in [0, 0.1) is 0 Å². The molecule has 0 aromatic heterocycles. The first-order valence-electron chi connectivity index (χ1n) is 7.70. The average molecular weight is 454 g/mol. The Balaban J connectivity index is 0.00000312. The summed E-state index contributed by atoms with van der Waals surface area (Å²) in [5.74, 6) is 0.361. The number of benzene rings is 2. The van der Waals surface area contributed by atoms with Crippen molar-refractivity contribution < 1.29 is 9.53 Å². The number of nitrogens with zero attached hydrogens (tertiary/aromatic N) is 1. The molecule has 1 amide bonds. The third-order valence-electron chi connectivity index (χ3n) is 3.43. The van der Waals surface area contributed by atoms with Crippen molar-refractivity contribution in [2.45, 2.75) is 19.9 Å². The molecule has 7 heteroatoms. The van der Waals surface area contributed by atoms with Crippen LogP contribution in [-0.4, -0.2) is 19.2 Å². The zero-order chi connectivity index (χ0) is 17.4. The third kappa shape index (κ3) is 7.00. The normalized spacial score (nSPS) is 10.6. The fraction of sp³-hybridized carbons (Fsp3) is 0.222. The number of anilines is 2. The molecule has 0 aliphatic heterocycles. The van der Waals surface area contributed by atoms with E-state index in [0.717, 1.165) is 17.7 Å². The van der Waals surface area contributed by atoms with E-state index in [-0.39, 0.29) is 24.0 Å². The molecule has 0 heterocycles. The maximum atomic E-state index is 11.1. The summed E-state index contributed by atoms with van der Waals surface area (Å²) < 4.78 is 4.54. The quantitative estimate of drug-likeness (QED) is 0.363. The predicted octanol–water partition coefficient (Wildman–Crippen LogP) is 3.97. The van der Waals surface area contributed by atoms with Gasteiger partial charge < -0.3 is 15.8 Å². The molecule has 0 aliphatic carbocycles. The molecule has 0 bridgehead atoms. The van der Waals surface area contributed by atoms with Crippen molar-refractivity contribution >= 4 is 47.4 Å². The smallest absolute Gasteiger partial charge is 0.411 e. The van der Waals surface area contributed by atoms with Crippen LogP contribution < -0.4 is 16.4 Å². The first-order chi connectivity index (χ1) is 11.6. The van der Waals surface area contributed by atoms with Crippen LogP contribution >= 0.6 is 24.0 Å². The minimum Gasteiger partial charge on any atom is -0.453 e. The van der Waals surface area contributed by atoms with Crippen molar-refractivity contribution in [1.82, 2.24) is 0 Å². The monoisotopic (exact) mass is 454 g/mol. The number of hydrogen-bond acceptors (Lipinski definition) is 3. The Hall–Kier alpha value is -2.29. The van der Waals surface area contributed by atoms with Gasteiger partial charge in [-0.25, -0.2) is 9.79 Å². The Morgan fingerprint density at radius 1 is 1.08 bits per heavy atom. The summed E-state index contributed by atoms with van der Waals surface area (Å²) >= 11 is 0. The summed E-state index contributed by atoms with van der Waals surface area (Å²) in [7, 11) is 1.32. The minimum atomic E-state index is -0.497. The molecule has 2 aromatic carbocycles. The highest BCUT2D eigenvalue weighted by molar-refractivity contribution is 14.0. The van der Waals surface area contributed by atoms with Crippen LogP contribution in [0.1, 0.15) is 18.1 Å². The summed E-state index contributed by atoms with van der Waals surface area (Å²) in [5, 5.41) is 5.68. The molecule has 0 fully saturated rings. The van der Waals surface area contributed by atoms with E-state index in [1.54, 1.807) is 12.1 Å². The van der Waals surface area contributed by atoms with Crippen molar-refractivity contribution in [3.05, 3.63) is 59.7 Å². The third-order valence-corrected chi connectivity index (χ3v) is 3.43. The molecule has 2 rings (SSSR count). The molecule has 0 saturated carbocycles. The van der Waals surface area contributed by atoms with E-state index in [4.69, 9.17) is 5.73 Å². The van der Waals surface area contributed by atoms with E-state index in [1.807, 2.05) is 24.3 Å². The lowest BCUT2D eigenvalue weighted by atomic mass is 10.1. The van der Waals surface area contributed by atoms with Gasteiger partial charge in [0.2, 0.25) is 0 Å². The van der Waals surface area contributed by atoms with E-state index in [1.165, 1.54) is 12.7 Å². The van der Waals surface area contributed by atoms with Gasteiger partial charge in [0.1, 0.15) is 0 Å². The van der Waals surface area contributed by atoms with Gasteiger partial charge in [-0.05, 0) is 41.8 Å². The number of carbonyl (C=O) groups excluding carboxylic acids is 1. The molecule has 4 N–H and O–H groups in total. The van der Waals surface area contributed by atoms with E-state index in [9.17, 15) is 4.79 Å². The summed E-state index contributed by atoms with van der Waals surface area (Å²) in [6, 6.07) is 15.4. The number of rotatable bonds is 5. The summed E-state index contributed by atoms with van der Waals surface area (Å²) in [4.78, 5) is 15.4. The fourth-order valence-electron chi connectivity index (χ4n) is 2.10. The molecular weight excluding hydrogens is 431 g/mol. The number of hydrogen-bond donors (Lipinski definition) is 3. The number of nitrogens with two attached hydrogens (primary N) is 1. The molecule has 25 heavy (non-hydrogen) atoms. The molecular formula is C18H23IN4O2. The second-order valence-corrected chi connectivity index (χ2v) is 5.19. The van der Waals surface area contributed by atoms with Crippen molar-refractivity contribution in [2.24, 2.45) is 10.7 Å². The molecule has 0 spiro atoms. The van der Waals surface area contributed by atoms with Crippen molar-refractivity contribution in [3.8, 4) is 0 Å². The number of methoxy groups -OCH3 is 1. The largest absolute Gasteiger partial charge is 0.453 e. The second-order valence-electron chi connectivity index (χ2n) is 5.19. The Morgan fingerprint density at radius 2 is 1.80 bits per heavy atom. The number of aliphatic imine (C=N–C) groups is 1. The highest BCUT2D eigenvalue weighted by Gasteiger charge is 2.01. The SMILES string of the molecule is CCc1cccc(NC(N)=NCc2ccc(NC(=O)OC)cc2)c1.I. The van der Waals surface area contributed by atoms with Crippen LogP contribution in [0.2, 0.25) is 0 Å². The highest BCUT2D eigenvalue weighted by Crippen LogP contribution is 2.12. The first-order valence-corrected chi connectivity index (χ1v) is 7.70. The lowest BCUT2D eigenvalue weighted by Crippen LogP contribution is -2.22. The zero-order valence-electron chi connectivity index (χ0n) is 14.3. The average Bonchev–Trinajstić information content (AvgIpc) is 2.61. The molecule has 0 atom stereocenters. The summed E-state index contributed by atoms with van der Waals surface area (Å²) in [5.41, 5.74) is 9.73. The lowest BCUT2D eigenvalue weighted by molar-refractivity contribution is 0.187. The standard InChI is InChI=1S/C18H22N4O2.HI/c1-3-13-5-4-6-16(11-13)21-17(19)20-12-14-7-9-15(10-8-14)22-18(23)24-2;/h4-11H,3,12H2,1-2H3,(H,22,23)(H3,19,20,21);1H. The Bertz CT molecular complexity index is 717. The molecule has 0 aliphatic rings. The van der Waals surface area contributed by atoms with Crippen LogP contribution in [0.5, 0.6) is 0 Å². The van der Waals surface area contributed by atoms with Gasteiger partial charge in [-0.15, -0.1) is 24.0 Å². The zero-order valence-corrected chi connectivity index (χ0v) is 16.6. The van der Waals surface area contributed by atoms with Gasteiger partial charge in [-0.3, -0.25) is 5.32 Å². The van der Waals surface area contributed by atoms with Crippen LogP contribution in [0.4, 0.5) is 16.2 Å². The highest BCUT2D eigenvalue weighted by atomic mass is 127. The van der Waals surface area contributed by atoms with Gasteiger partial charge >= 0.3 is 6.09 Å². The maximum Gasteiger partial charge on any atom is 0.411 e. The van der Waals surface area contributed by atoms with Gasteiger partial charge in [0.25, 0.3) is 0 Å². The van der Waals surface area contributed by atoms with E-state index >= 15 is 0 Å². The van der Waals surface area contributed by atoms with Gasteiger partial charge in [-0.1, -0.05) is 31.2 Å². The number of amides is 1. The Morgan fingerprint density at radius 3 is 2.44 bits per heavy atom. The van der Waals surface area contributed by atoms with Crippen LogP contribution in [0.3, 0.4) is 0 Å². The van der Waals surface area contributed by atoms with Gasteiger partial charge in [0.05, 0.1) is 13.7 Å². The first kappa shape index (κ1) is 20.8. The minimum absolute atomic E-state index is 0. The van der Waals surface area contributed by atoms with E-state index in [0.29, 0.717) is 18.2 Å². The maximum absolute atomic E-state index is 11.1. The molecule has 0 saturated heterocycles. The van der Waals surface area contributed by atoms with Crippen molar-refractivity contribution in [2.75, 3.05) is 17.7 Å². The van der Waals surface area contributed by atoms with Crippen molar-refractivity contribution in [1.29, 1.82) is 0 Å². The topological polar surface area (TPSA) is 88.7 Å². The summed E-state index contributed by atoms with van der Waals surface area (Å²) in [6.07, 6.45) is 0.474. The number of carbonyl (C=O) groups is 1. The molecule has 0 unspecified atom stereocenters. The number of halogens is 1. The molecule has 2 aromatic rings. The van der Waals surface area contributed by atoms with Crippen LogP contribution in [0.25, 0.3) is 0 Å². The Kier molecular flexibility index (Phi) is 8.76.